The van der Waals surface area contributed by atoms with Gasteiger partial charge in [-0.15, -0.1) is 0 Å². The van der Waals surface area contributed by atoms with Gasteiger partial charge in [0.2, 0.25) is 0 Å². The molecule has 0 fully saturated rings. The number of rotatable bonds is 0. The third-order valence-corrected chi connectivity index (χ3v) is 4.02. The molecule has 3 heteroatoms. The first-order valence-corrected chi connectivity index (χ1v) is 5.65. The van der Waals surface area contributed by atoms with Crippen molar-refractivity contribution in [2.45, 2.75) is 18.8 Å². The molecule has 1 amide bonds. The summed E-state index contributed by atoms with van der Waals surface area (Å²) in [5.74, 6) is 0.0699. The van der Waals surface area contributed by atoms with Crippen LogP contribution in [0.25, 0.3) is 6.08 Å². The fraction of sp³-hybridized carbons (Fsp3) is 0.308. The summed E-state index contributed by atoms with van der Waals surface area (Å²) in [5, 5.41) is 2.91. The van der Waals surface area contributed by atoms with Crippen molar-refractivity contribution in [2.24, 2.45) is 0 Å². The van der Waals surface area contributed by atoms with Crippen molar-refractivity contribution in [3.63, 3.8) is 0 Å². The molecule has 0 saturated heterocycles. The summed E-state index contributed by atoms with van der Waals surface area (Å²) in [6, 6.07) is 0. The zero-order valence-electron chi connectivity index (χ0n) is 9.05. The van der Waals surface area contributed by atoms with Crippen LogP contribution in [0.5, 0.6) is 0 Å². The molecule has 3 aliphatic rings. The predicted molar refractivity (Wildman–Crippen MR) is 61.3 cm³/mol. The number of amides is 1. The van der Waals surface area contributed by atoms with Gasteiger partial charge in [-0.2, -0.15) is 0 Å². The minimum Gasteiger partial charge on any atom is -0.360 e. The maximum Gasteiger partial charge on any atom is 0.253 e. The molecule has 4 rings (SSSR count). The van der Waals surface area contributed by atoms with Crippen molar-refractivity contribution in [3.8, 4) is 0 Å². The summed E-state index contributed by atoms with van der Waals surface area (Å²) in [6.07, 6.45) is 7.39. The Morgan fingerprint density at radius 1 is 1.44 bits per heavy atom. The van der Waals surface area contributed by atoms with Gasteiger partial charge in [0.05, 0.1) is 11.0 Å². The van der Waals surface area contributed by atoms with E-state index in [9.17, 15) is 4.79 Å². The molecule has 0 spiro atoms. The van der Waals surface area contributed by atoms with E-state index in [1.54, 1.807) is 0 Å². The van der Waals surface area contributed by atoms with E-state index in [0.717, 1.165) is 29.8 Å². The first-order valence-electron chi connectivity index (χ1n) is 5.65. The predicted octanol–water partition coefficient (Wildman–Crippen LogP) is 1.53. The zero-order chi connectivity index (χ0) is 10.9. The molecular weight excluding hydrogens is 200 g/mol. The van der Waals surface area contributed by atoms with Gasteiger partial charge in [-0.05, 0) is 18.6 Å². The highest BCUT2D eigenvalue weighted by atomic mass is 16.1. The largest absolute Gasteiger partial charge is 0.360 e. The van der Waals surface area contributed by atoms with Crippen molar-refractivity contribution >= 4 is 12.0 Å². The average molecular weight is 212 g/mol. The van der Waals surface area contributed by atoms with Gasteiger partial charge in [-0.25, -0.2) is 0 Å². The lowest BCUT2D eigenvalue weighted by atomic mass is 9.74. The highest BCUT2D eigenvalue weighted by Crippen LogP contribution is 2.50. The molecule has 0 aromatic carbocycles. The van der Waals surface area contributed by atoms with Crippen LogP contribution in [0.4, 0.5) is 0 Å². The van der Waals surface area contributed by atoms with Gasteiger partial charge in [-0.1, -0.05) is 12.2 Å². The maximum atomic E-state index is 11.9. The Kier molecular flexibility index (Phi) is 1.21. The third kappa shape index (κ3) is 0.722. The van der Waals surface area contributed by atoms with E-state index >= 15 is 0 Å². The number of hydrogen-bond donors (Lipinski definition) is 2. The molecule has 1 aliphatic heterocycles. The number of carbonyl (C=O) groups excluding carboxylic acids is 1. The summed E-state index contributed by atoms with van der Waals surface area (Å²) in [4.78, 5) is 15.3. The summed E-state index contributed by atoms with van der Waals surface area (Å²) in [7, 11) is 0. The second-order valence-electron chi connectivity index (χ2n) is 4.91. The fourth-order valence-electron chi connectivity index (χ4n) is 2.97. The van der Waals surface area contributed by atoms with Gasteiger partial charge in [0.15, 0.2) is 0 Å². The smallest absolute Gasteiger partial charge is 0.253 e. The first kappa shape index (κ1) is 8.39. The molecule has 1 aromatic rings. The molecule has 0 saturated carbocycles. The number of carbonyl (C=O) groups is 1. The Hall–Kier alpha value is -1.77. The fourth-order valence-corrected chi connectivity index (χ4v) is 2.97. The number of aromatic nitrogens is 1. The Morgan fingerprint density at radius 2 is 2.31 bits per heavy atom. The SMILES string of the molecule is CC12C=CC1=Cc1c2[nH]c2c1C(=O)NCC2. The molecule has 1 aromatic heterocycles. The van der Waals surface area contributed by atoms with Crippen LogP contribution in [-0.2, 0) is 11.8 Å². The van der Waals surface area contributed by atoms with Crippen LogP contribution >= 0.6 is 0 Å². The summed E-state index contributed by atoms with van der Waals surface area (Å²) < 4.78 is 0. The van der Waals surface area contributed by atoms with Crippen molar-refractivity contribution in [2.75, 3.05) is 6.54 Å². The van der Waals surface area contributed by atoms with E-state index in [1.807, 2.05) is 0 Å². The van der Waals surface area contributed by atoms with Crippen molar-refractivity contribution in [3.05, 3.63) is 40.2 Å². The van der Waals surface area contributed by atoms with Crippen LogP contribution in [0.2, 0.25) is 0 Å². The van der Waals surface area contributed by atoms with Crippen LogP contribution < -0.4 is 5.32 Å². The molecule has 0 bridgehead atoms. The zero-order valence-corrected chi connectivity index (χ0v) is 9.05. The Bertz CT molecular complexity index is 591. The van der Waals surface area contributed by atoms with Crippen LogP contribution in [0, 0.1) is 0 Å². The van der Waals surface area contributed by atoms with E-state index in [1.165, 1.54) is 11.3 Å². The Labute approximate surface area is 93.2 Å². The number of allylic oxidation sites excluding steroid dienone is 3. The van der Waals surface area contributed by atoms with Crippen LogP contribution in [-0.4, -0.2) is 17.4 Å². The Balaban J connectivity index is 2.02. The van der Waals surface area contributed by atoms with Gasteiger partial charge in [-0.3, -0.25) is 4.79 Å². The van der Waals surface area contributed by atoms with Gasteiger partial charge in [0.1, 0.15) is 0 Å². The second kappa shape index (κ2) is 2.32. The van der Waals surface area contributed by atoms with Gasteiger partial charge in [0, 0.05) is 29.9 Å². The second-order valence-corrected chi connectivity index (χ2v) is 4.91. The van der Waals surface area contributed by atoms with Crippen molar-refractivity contribution in [1.82, 2.24) is 10.3 Å². The number of aromatic amines is 1. The van der Waals surface area contributed by atoms with E-state index in [-0.39, 0.29) is 11.3 Å². The molecule has 2 N–H and O–H groups in total. The maximum absolute atomic E-state index is 11.9. The molecule has 1 atom stereocenters. The number of hydrogen-bond acceptors (Lipinski definition) is 1. The van der Waals surface area contributed by atoms with E-state index in [0.29, 0.717) is 0 Å². The quantitative estimate of drug-likeness (QED) is 0.673. The monoisotopic (exact) mass is 212 g/mol. The molecule has 16 heavy (non-hydrogen) atoms. The third-order valence-electron chi connectivity index (χ3n) is 4.02. The van der Waals surface area contributed by atoms with E-state index in [4.69, 9.17) is 0 Å². The van der Waals surface area contributed by atoms with Crippen LogP contribution in [0.1, 0.15) is 34.2 Å². The lowest BCUT2D eigenvalue weighted by Crippen LogP contribution is -2.31. The number of fused-ring (bicyclic) bond motifs is 5. The van der Waals surface area contributed by atoms with Gasteiger partial charge < -0.3 is 10.3 Å². The van der Waals surface area contributed by atoms with E-state index < -0.39 is 0 Å². The molecule has 3 nitrogen and oxygen atoms in total. The molecule has 2 aliphatic carbocycles. The molecule has 80 valence electrons. The Morgan fingerprint density at radius 3 is 3.06 bits per heavy atom. The molecule has 2 heterocycles. The lowest BCUT2D eigenvalue weighted by molar-refractivity contribution is 0.0946. The molecular formula is C13H12N2O. The topological polar surface area (TPSA) is 44.9 Å². The summed E-state index contributed by atoms with van der Waals surface area (Å²) >= 11 is 0. The standard InChI is InChI=1S/C13H12N2O/c1-13-4-2-7(13)6-8-10-9(15-11(8)13)3-5-14-12(10)16/h2,4,6,15H,3,5H2,1H3,(H,14,16). The number of nitrogens with one attached hydrogen (secondary N) is 2. The van der Waals surface area contributed by atoms with Gasteiger partial charge in [0.25, 0.3) is 5.91 Å². The van der Waals surface area contributed by atoms with Gasteiger partial charge >= 0.3 is 0 Å². The highest BCUT2D eigenvalue weighted by Gasteiger charge is 2.43. The first-order chi connectivity index (χ1) is 7.70. The number of H-pyrrole nitrogens is 1. The molecule has 0 radical (unpaired) electrons. The lowest BCUT2D eigenvalue weighted by Gasteiger charge is -2.30. The van der Waals surface area contributed by atoms with Crippen molar-refractivity contribution < 1.29 is 4.79 Å². The van der Waals surface area contributed by atoms with E-state index in [2.05, 4.69) is 35.5 Å². The van der Waals surface area contributed by atoms with Crippen LogP contribution in [0.15, 0.2) is 17.7 Å². The minimum absolute atomic E-state index is 0.0347. The minimum atomic E-state index is 0.0347. The molecule has 1 unspecified atom stereocenters. The highest BCUT2D eigenvalue weighted by molar-refractivity contribution is 6.02. The van der Waals surface area contributed by atoms with Crippen LogP contribution in [0.3, 0.4) is 0 Å². The van der Waals surface area contributed by atoms with Crippen molar-refractivity contribution in [1.29, 1.82) is 0 Å². The average Bonchev–Trinajstić information content (AvgIpc) is 2.70. The summed E-state index contributed by atoms with van der Waals surface area (Å²) in [5.41, 5.74) is 5.63. The normalized spacial score (nSPS) is 28.8. The summed E-state index contributed by atoms with van der Waals surface area (Å²) in [6.45, 7) is 2.94.